The molecule has 0 fully saturated rings. The van der Waals surface area contributed by atoms with Gasteiger partial charge in [0.25, 0.3) is 0 Å². The zero-order valence-corrected chi connectivity index (χ0v) is 8.81. The van der Waals surface area contributed by atoms with E-state index in [1.54, 1.807) is 0 Å². The molecule has 0 saturated heterocycles. The van der Waals surface area contributed by atoms with Crippen LogP contribution in [0.4, 0.5) is 0 Å². The van der Waals surface area contributed by atoms with Gasteiger partial charge in [0.15, 0.2) is 0 Å². The Morgan fingerprint density at radius 2 is 2.00 bits per heavy atom. The highest BCUT2D eigenvalue weighted by Crippen LogP contribution is 2.20. The third-order valence-electron chi connectivity index (χ3n) is 1.53. The van der Waals surface area contributed by atoms with Crippen molar-refractivity contribution >= 4 is 0 Å². The molecule has 1 heteroatoms. The molecule has 0 aliphatic rings. The summed E-state index contributed by atoms with van der Waals surface area (Å²) in [4.78, 5) is 0. The minimum Gasteiger partial charge on any atom is -0.198 e. The molecule has 1 unspecified atom stereocenters. The van der Waals surface area contributed by atoms with Crippen LogP contribution >= 0.6 is 0 Å². The lowest BCUT2D eigenvalue weighted by Crippen LogP contribution is -2.02. The fourth-order valence-electron chi connectivity index (χ4n) is 1.33. The van der Waals surface area contributed by atoms with E-state index in [-0.39, 0.29) is 11.3 Å². The van der Waals surface area contributed by atoms with Gasteiger partial charge >= 0.3 is 0 Å². The predicted octanol–water partition coefficient (Wildman–Crippen LogP) is 3.53. The van der Waals surface area contributed by atoms with E-state index in [0.717, 1.165) is 6.42 Å². The Hall–Kier alpha value is -0.770. The molecule has 0 aromatic heterocycles. The second kappa shape index (κ2) is 4.30. The number of hydrogen-bond acceptors (Lipinski definition) is 1. The van der Waals surface area contributed by atoms with Crippen LogP contribution in [-0.4, -0.2) is 0 Å². The topological polar surface area (TPSA) is 23.8 Å². The van der Waals surface area contributed by atoms with Crippen LogP contribution in [0, 0.1) is 22.7 Å². The van der Waals surface area contributed by atoms with Gasteiger partial charge in [-0.05, 0) is 25.7 Å². The van der Waals surface area contributed by atoms with E-state index < -0.39 is 0 Å². The molecule has 68 valence electrons. The first-order valence-corrected chi connectivity index (χ1v) is 4.43. The maximum atomic E-state index is 8.60. The molecule has 0 amide bonds. The van der Waals surface area contributed by atoms with E-state index in [2.05, 4.69) is 39.8 Å². The van der Waals surface area contributed by atoms with Crippen molar-refractivity contribution in [3.05, 3.63) is 11.6 Å². The Balaban J connectivity index is 4.14. The zero-order valence-electron chi connectivity index (χ0n) is 8.81. The molecule has 0 saturated carbocycles. The van der Waals surface area contributed by atoms with Crippen LogP contribution in [0.2, 0.25) is 0 Å². The van der Waals surface area contributed by atoms with Crippen molar-refractivity contribution in [2.75, 3.05) is 0 Å². The van der Waals surface area contributed by atoms with Crippen LogP contribution in [0.5, 0.6) is 0 Å². The molecule has 0 radical (unpaired) electrons. The second-order valence-electron chi connectivity index (χ2n) is 4.59. The van der Waals surface area contributed by atoms with Crippen molar-refractivity contribution in [1.29, 1.82) is 5.26 Å². The first kappa shape index (κ1) is 11.2. The Morgan fingerprint density at radius 1 is 1.50 bits per heavy atom. The van der Waals surface area contributed by atoms with Gasteiger partial charge < -0.3 is 0 Å². The number of hydrogen-bond donors (Lipinski definition) is 0. The quantitative estimate of drug-likeness (QED) is 0.574. The van der Waals surface area contributed by atoms with E-state index in [1.165, 1.54) is 5.57 Å². The molecule has 0 aromatic rings. The predicted molar refractivity (Wildman–Crippen MR) is 52.6 cm³/mol. The molecule has 1 atom stereocenters. The van der Waals surface area contributed by atoms with E-state index in [9.17, 15) is 0 Å². The standard InChI is InChI=1S/C11H19N/c1-9(6-10(2)8-12)7-11(3,4)5/h7,10H,6H2,1-5H3/b9-7+. The maximum Gasteiger partial charge on any atom is 0.0656 e. The largest absolute Gasteiger partial charge is 0.198 e. The average Bonchev–Trinajstić information content (AvgIpc) is 1.82. The lowest BCUT2D eigenvalue weighted by atomic mass is 9.91. The molecule has 12 heavy (non-hydrogen) atoms. The molecular weight excluding hydrogens is 146 g/mol. The Labute approximate surface area is 76.1 Å². The fourth-order valence-corrected chi connectivity index (χ4v) is 1.33. The van der Waals surface area contributed by atoms with E-state index in [0.29, 0.717) is 0 Å². The molecule has 0 heterocycles. The normalized spacial score (nSPS) is 15.5. The summed E-state index contributed by atoms with van der Waals surface area (Å²) in [6, 6.07) is 2.24. The Kier molecular flexibility index (Phi) is 4.03. The van der Waals surface area contributed by atoms with Gasteiger partial charge in [-0.25, -0.2) is 0 Å². The van der Waals surface area contributed by atoms with Crippen LogP contribution in [-0.2, 0) is 0 Å². The first-order valence-electron chi connectivity index (χ1n) is 4.43. The van der Waals surface area contributed by atoms with Gasteiger partial charge in [0.1, 0.15) is 0 Å². The second-order valence-corrected chi connectivity index (χ2v) is 4.59. The summed E-state index contributed by atoms with van der Waals surface area (Å²) in [5.41, 5.74) is 1.55. The summed E-state index contributed by atoms with van der Waals surface area (Å²) in [5.74, 6) is 0.142. The minimum atomic E-state index is 0.142. The number of allylic oxidation sites excluding steroid dienone is 2. The van der Waals surface area contributed by atoms with Crippen LogP contribution in [0.15, 0.2) is 11.6 Å². The minimum absolute atomic E-state index is 0.142. The summed E-state index contributed by atoms with van der Waals surface area (Å²) in [6.45, 7) is 10.6. The lowest BCUT2D eigenvalue weighted by molar-refractivity contribution is 0.534. The van der Waals surface area contributed by atoms with E-state index in [1.807, 2.05) is 6.92 Å². The Morgan fingerprint density at radius 3 is 2.33 bits per heavy atom. The first-order chi connectivity index (χ1) is 5.35. The third-order valence-corrected chi connectivity index (χ3v) is 1.53. The van der Waals surface area contributed by atoms with Crippen molar-refractivity contribution in [1.82, 2.24) is 0 Å². The highest BCUT2D eigenvalue weighted by Gasteiger charge is 2.07. The monoisotopic (exact) mass is 165 g/mol. The van der Waals surface area contributed by atoms with Crippen molar-refractivity contribution in [3.8, 4) is 6.07 Å². The highest BCUT2D eigenvalue weighted by molar-refractivity contribution is 5.06. The van der Waals surface area contributed by atoms with Gasteiger partial charge in [-0.2, -0.15) is 5.26 Å². The van der Waals surface area contributed by atoms with Gasteiger partial charge in [0.05, 0.1) is 6.07 Å². The molecule has 1 nitrogen and oxygen atoms in total. The molecule has 0 spiro atoms. The molecule has 0 N–H and O–H groups in total. The summed E-state index contributed by atoms with van der Waals surface area (Å²) in [5, 5.41) is 8.60. The summed E-state index contributed by atoms with van der Waals surface area (Å²) in [6.07, 6.45) is 3.13. The molecule has 0 aliphatic carbocycles. The molecule has 0 aromatic carbocycles. The molecule has 0 bridgehead atoms. The van der Waals surface area contributed by atoms with Gasteiger partial charge in [0.2, 0.25) is 0 Å². The van der Waals surface area contributed by atoms with Gasteiger partial charge in [-0.15, -0.1) is 0 Å². The smallest absolute Gasteiger partial charge is 0.0656 e. The van der Waals surface area contributed by atoms with Crippen LogP contribution < -0.4 is 0 Å². The van der Waals surface area contributed by atoms with Crippen molar-refractivity contribution in [2.45, 2.75) is 41.0 Å². The van der Waals surface area contributed by atoms with Crippen molar-refractivity contribution in [2.24, 2.45) is 11.3 Å². The summed E-state index contributed by atoms with van der Waals surface area (Å²) >= 11 is 0. The maximum absolute atomic E-state index is 8.60. The summed E-state index contributed by atoms with van der Waals surface area (Å²) < 4.78 is 0. The number of rotatable bonds is 2. The van der Waals surface area contributed by atoms with Crippen molar-refractivity contribution < 1.29 is 0 Å². The highest BCUT2D eigenvalue weighted by atomic mass is 14.3. The van der Waals surface area contributed by atoms with E-state index >= 15 is 0 Å². The van der Waals surface area contributed by atoms with E-state index in [4.69, 9.17) is 5.26 Å². The average molecular weight is 165 g/mol. The number of nitriles is 1. The van der Waals surface area contributed by atoms with Gasteiger partial charge in [-0.1, -0.05) is 32.4 Å². The van der Waals surface area contributed by atoms with Crippen LogP contribution in [0.1, 0.15) is 41.0 Å². The Bertz CT molecular complexity index is 200. The summed E-state index contributed by atoms with van der Waals surface area (Å²) in [7, 11) is 0. The molecule has 0 aliphatic heterocycles. The zero-order chi connectivity index (χ0) is 9.78. The fraction of sp³-hybridized carbons (Fsp3) is 0.727. The van der Waals surface area contributed by atoms with Crippen LogP contribution in [0.3, 0.4) is 0 Å². The lowest BCUT2D eigenvalue weighted by Gasteiger charge is -2.14. The van der Waals surface area contributed by atoms with Crippen molar-refractivity contribution in [3.63, 3.8) is 0 Å². The van der Waals surface area contributed by atoms with Gasteiger partial charge in [0, 0.05) is 5.92 Å². The third kappa shape index (κ3) is 5.97. The molecular formula is C11H19N. The SMILES string of the molecule is C/C(=C\C(C)(C)C)CC(C)C#N. The van der Waals surface area contributed by atoms with Crippen LogP contribution in [0.25, 0.3) is 0 Å². The molecule has 0 rings (SSSR count). The number of nitrogens with zero attached hydrogens (tertiary/aromatic N) is 1. The van der Waals surface area contributed by atoms with Gasteiger partial charge in [-0.3, -0.25) is 0 Å².